The number of hydrogen-bond acceptors (Lipinski definition) is 5. The molecule has 0 spiro atoms. The molecule has 2 aromatic rings. The molecular weight excluding hydrogens is 308 g/mol. The van der Waals surface area contributed by atoms with Crippen LogP contribution in [0.3, 0.4) is 0 Å². The maximum absolute atomic E-state index is 12.2. The van der Waals surface area contributed by atoms with Crippen molar-refractivity contribution in [1.82, 2.24) is 5.43 Å². The summed E-state index contributed by atoms with van der Waals surface area (Å²) < 4.78 is 10.2. The minimum Gasteiger partial charge on any atom is -0.497 e. The van der Waals surface area contributed by atoms with Crippen molar-refractivity contribution in [2.75, 3.05) is 14.2 Å². The van der Waals surface area contributed by atoms with E-state index in [1.54, 1.807) is 38.5 Å². The zero-order valence-corrected chi connectivity index (χ0v) is 13.8. The van der Waals surface area contributed by atoms with Crippen molar-refractivity contribution in [3.8, 4) is 11.5 Å². The Hall–Kier alpha value is -2.57. The third-order valence-electron chi connectivity index (χ3n) is 3.87. The molecule has 0 saturated heterocycles. The van der Waals surface area contributed by atoms with E-state index in [9.17, 15) is 9.90 Å². The van der Waals surface area contributed by atoms with Gasteiger partial charge < -0.3 is 14.6 Å². The molecule has 0 saturated carbocycles. The minimum absolute atomic E-state index is 0.131. The number of carbonyl (C=O) groups is 1. The van der Waals surface area contributed by atoms with E-state index in [-0.39, 0.29) is 12.8 Å². The number of amides is 1. The van der Waals surface area contributed by atoms with Gasteiger partial charge in [0.05, 0.1) is 14.2 Å². The molecule has 2 rings (SSSR count). The fourth-order valence-corrected chi connectivity index (χ4v) is 2.52. The van der Waals surface area contributed by atoms with E-state index in [2.05, 4.69) is 5.43 Å². The zero-order valence-electron chi connectivity index (χ0n) is 13.8. The number of nitrogens with two attached hydrogens (primary N) is 1. The molecule has 0 heterocycles. The molecule has 4 N–H and O–H groups in total. The molecule has 0 radical (unpaired) electrons. The summed E-state index contributed by atoms with van der Waals surface area (Å²) in [5, 5.41) is 10.9. The van der Waals surface area contributed by atoms with Crippen LogP contribution in [0.1, 0.15) is 11.1 Å². The molecule has 0 fully saturated rings. The lowest BCUT2D eigenvalue weighted by Crippen LogP contribution is -2.52. The van der Waals surface area contributed by atoms with Crippen LogP contribution in [-0.4, -0.2) is 30.8 Å². The predicted molar refractivity (Wildman–Crippen MR) is 90.7 cm³/mol. The Morgan fingerprint density at radius 2 is 1.33 bits per heavy atom. The number of ether oxygens (including phenoxy) is 2. The summed E-state index contributed by atoms with van der Waals surface area (Å²) in [6.07, 6.45) is 0.262. The van der Waals surface area contributed by atoms with Crippen LogP contribution in [0.2, 0.25) is 0 Å². The van der Waals surface area contributed by atoms with Crippen LogP contribution in [0.15, 0.2) is 48.5 Å². The Morgan fingerprint density at radius 1 is 0.958 bits per heavy atom. The number of carbonyl (C=O) groups excluding carboxylic acids is 1. The summed E-state index contributed by atoms with van der Waals surface area (Å²) >= 11 is 0. The maximum Gasteiger partial charge on any atom is 0.266 e. The van der Waals surface area contributed by atoms with Gasteiger partial charge in [0.15, 0.2) is 5.60 Å². The van der Waals surface area contributed by atoms with Gasteiger partial charge in [-0.3, -0.25) is 10.2 Å². The molecule has 0 unspecified atom stereocenters. The number of methoxy groups -OCH3 is 2. The molecule has 2 aromatic carbocycles. The van der Waals surface area contributed by atoms with Crippen molar-refractivity contribution >= 4 is 5.91 Å². The molecule has 1 amide bonds. The van der Waals surface area contributed by atoms with E-state index < -0.39 is 11.5 Å². The molecule has 128 valence electrons. The summed E-state index contributed by atoms with van der Waals surface area (Å²) in [5.41, 5.74) is 2.00. The van der Waals surface area contributed by atoms with E-state index in [1.807, 2.05) is 24.3 Å². The first-order chi connectivity index (χ1) is 11.5. The number of aliphatic hydroxyl groups is 1. The van der Waals surface area contributed by atoms with Gasteiger partial charge in [-0.1, -0.05) is 24.3 Å². The highest BCUT2D eigenvalue weighted by Crippen LogP contribution is 2.23. The Kier molecular flexibility index (Phi) is 5.78. The highest BCUT2D eigenvalue weighted by molar-refractivity contribution is 5.85. The molecule has 0 aliphatic heterocycles. The number of benzene rings is 2. The van der Waals surface area contributed by atoms with Gasteiger partial charge in [-0.25, -0.2) is 5.84 Å². The standard InChI is InChI=1S/C18H22N2O4/c1-23-15-7-3-13(4-8-15)11-18(22,17(21)20-19)12-14-5-9-16(24-2)10-6-14/h3-10,22H,11-12,19H2,1-2H3,(H,20,21). The van der Waals surface area contributed by atoms with Crippen LogP contribution in [0, 0.1) is 0 Å². The zero-order chi connectivity index (χ0) is 17.6. The van der Waals surface area contributed by atoms with Gasteiger partial charge >= 0.3 is 0 Å². The van der Waals surface area contributed by atoms with Crippen LogP contribution < -0.4 is 20.7 Å². The van der Waals surface area contributed by atoms with E-state index >= 15 is 0 Å². The van der Waals surface area contributed by atoms with Gasteiger partial charge in [-0.2, -0.15) is 0 Å². The molecule has 6 heteroatoms. The van der Waals surface area contributed by atoms with Gasteiger partial charge in [0, 0.05) is 12.8 Å². The van der Waals surface area contributed by atoms with Crippen molar-refractivity contribution in [2.45, 2.75) is 18.4 Å². The van der Waals surface area contributed by atoms with Gasteiger partial charge in [0.2, 0.25) is 0 Å². The minimum atomic E-state index is -1.65. The second-order valence-electron chi connectivity index (χ2n) is 5.55. The fourth-order valence-electron chi connectivity index (χ4n) is 2.52. The first-order valence-electron chi connectivity index (χ1n) is 7.50. The Bertz CT molecular complexity index is 619. The maximum atomic E-state index is 12.2. The Morgan fingerprint density at radius 3 is 1.62 bits per heavy atom. The van der Waals surface area contributed by atoms with Crippen LogP contribution in [0.4, 0.5) is 0 Å². The lowest BCUT2D eigenvalue weighted by atomic mass is 9.87. The van der Waals surface area contributed by atoms with Gasteiger partial charge in [-0.05, 0) is 35.4 Å². The number of rotatable bonds is 7. The summed E-state index contributed by atoms with van der Waals surface area (Å²) in [7, 11) is 3.16. The molecule has 0 bridgehead atoms. The monoisotopic (exact) mass is 330 g/mol. The second-order valence-corrected chi connectivity index (χ2v) is 5.55. The summed E-state index contributed by atoms with van der Waals surface area (Å²) in [5.74, 6) is 6.04. The van der Waals surface area contributed by atoms with Gasteiger partial charge in [-0.15, -0.1) is 0 Å². The fraction of sp³-hybridized carbons (Fsp3) is 0.278. The average molecular weight is 330 g/mol. The second kappa shape index (κ2) is 7.81. The summed E-state index contributed by atoms with van der Waals surface area (Å²) in [6.45, 7) is 0. The van der Waals surface area contributed by atoms with Crippen LogP contribution >= 0.6 is 0 Å². The smallest absolute Gasteiger partial charge is 0.266 e. The molecular formula is C18H22N2O4. The van der Waals surface area contributed by atoms with Crippen molar-refractivity contribution in [3.05, 3.63) is 59.7 Å². The van der Waals surface area contributed by atoms with E-state index in [1.165, 1.54) is 0 Å². The van der Waals surface area contributed by atoms with E-state index in [0.29, 0.717) is 11.5 Å². The van der Waals surface area contributed by atoms with Crippen LogP contribution in [0.25, 0.3) is 0 Å². The molecule has 0 atom stereocenters. The Balaban J connectivity index is 2.22. The number of nitrogens with one attached hydrogen (secondary N) is 1. The largest absolute Gasteiger partial charge is 0.497 e. The predicted octanol–water partition coefficient (Wildman–Crippen LogP) is 1.21. The molecule has 6 nitrogen and oxygen atoms in total. The Labute approximate surface area is 141 Å². The first kappa shape index (κ1) is 17.8. The average Bonchev–Trinajstić information content (AvgIpc) is 2.62. The third-order valence-corrected chi connectivity index (χ3v) is 3.87. The van der Waals surface area contributed by atoms with E-state index in [4.69, 9.17) is 15.3 Å². The molecule has 0 aliphatic carbocycles. The SMILES string of the molecule is COc1ccc(CC(O)(Cc2ccc(OC)cc2)C(=O)NN)cc1. The van der Waals surface area contributed by atoms with Crippen LogP contribution in [-0.2, 0) is 17.6 Å². The molecule has 0 aliphatic rings. The van der Waals surface area contributed by atoms with E-state index in [0.717, 1.165) is 11.1 Å². The number of hydrazine groups is 1. The lowest BCUT2D eigenvalue weighted by molar-refractivity contribution is -0.139. The highest BCUT2D eigenvalue weighted by atomic mass is 16.5. The van der Waals surface area contributed by atoms with Crippen molar-refractivity contribution in [3.63, 3.8) is 0 Å². The normalized spacial score (nSPS) is 11.0. The lowest BCUT2D eigenvalue weighted by Gasteiger charge is -2.26. The third kappa shape index (κ3) is 4.24. The number of hydrogen-bond donors (Lipinski definition) is 3. The van der Waals surface area contributed by atoms with Crippen molar-refractivity contribution < 1.29 is 19.4 Å². The van der Waals surface area contributed by atoms with Crippen molar-refractivity contribution in [2.24, 2.45) is 5.84 Å². The topological polar surface area (TPSA) is 93.8 Å². The quantitative estimate of drug-likeness (QED) is 0.403. The first-order valence-corrected chi connectivity index (χ1v) is 7.50. The molecule has 24 heavy (non-hydrogen) atoms. The summed E-state index contributed by atoms with van der Waals surface area (Å²) in [4.78, 5) is 12.2. The molecule has 0 aromatic heterocycles. The summed E-state index contributed by atoms with van der Waals surface area (Å²) in [6, 6.07) is 14.4. The van der Waals surface area contributed by atoms with Crippen molar-refractivity contribution in [1.29, 1.82) is 0 Å². The highest BCUT2D eigenvalue weighted by Gasteiger charge is 2.36. The van der Waals surface area contributed by atoms with Gasteiger partial charge in [0.25, 0.3) is 5.91 Å². The van der Waals surface area contributed by atoms with Gasteiger partial charge in [0.1, 0.15) is 11.5 Å². The van der Waals surface area contributed by atoms with Crippen LogP contribution in [0.5, 0.6) is 11.5 Å².